The van der Waals surface area contributed by atoms with Crippen molar-refractivity contribution in [3.63, 3.8) is 0 Å². The van der Waals surface area contributed by atoms with Crippen molar-refractivity contribution in [3.8, 4) is 0 Å². The summed E-state index contributed by atoms with van der Waals surface area (Å²) < 4.78 is 5.36. The number of ether oxygens (including phenoxy) is 1. The number of nitrogens with zero attached hydrogens (tertiary/aromatic N) is 1. The molecule has 0 aliphatic carbocycles. The average Bonchev–Trinajstić information content (AvgIpc) is 2.45. The smallest absolute Gasteiger partial charge is 0.338 e. The minimum atomic E-state index is -0.294. The molecule has 1 aromatic heterocycles. The van der Waals surface area contributed by atoms with E-state index < -0.39 is 0 Å². The Bertz CT molecular complexity index is 684. The van der Waals surface area contributed by atoms with E-state index >= 15 is 0 Å². The fourth-order valence-corrected chi connectivity index (χ4v) is 2.42. The minimum Gasteiger partial charge on any atom is -0.462 e. The lowest BCUT2D eigenvalue weighted by molar-refractivity contribution is 0.0507. The van der Waals surface area contributed by atoms with Crippen LogP contribution in [0.3, 0.4) is 0 Å². The van der Waals surface area contributed by atoms with Crippen molar-refractivity contribution < 1.29 is 9.53 Å². The second-order valence-electron chi connectivity index (χ2n) is 5.44. The van der Waals surface area contributed by atoms with Gasteiger partial charge in [0.05, 0.1) is 12.2 Å². The van der Waals surface area contributed by atoms with Crippen LogP contribution in [0.1, 0.15) is 38.4 Å². The first-order valence-corrected chi connectivity index (χ1v) is 7.34. The highest BCUT2D eigenvalue weighted by Gasteiger charge is 2.10. The Morgan fingerprint density at radius 2 is 2.00 bits per heavy atom. The molecule has 0 bridgehead atoms. The second kappa shape index (κ2) is 7.03. The summed E-state index contributed by atoms with van der Waals surface area (Å²) in [5, 5.41) is 0. The molecule has 0 spiro atoms. The molecule has 1 aromatic carbocycles. The van der Waals surface area contributed by atoms with Gasteiger partial charge in [-0.25, -0.2) is 4.79 Å². The van der Waals surface area contributed by atoms with Gasteiger partial charge < -0.3 is 4.74 Å². The Morgan fingerprint density at radius 1 is 1.23 bits per heavy atom. The van der Waals surface area contributed by atoms with E-state index in [0.29, 0.717) is 18.6 Å². The largest absolute Gasteiger partial charge is 0.462 e. The summed E-state index contributed by atoms with van der Waals surface area (Å²) in [6, 6.07) is 9.62. The molecular weight excluding hydrogens is 274 g/mol. The van der Waals surface area contributed by atoms with Gasteiger partial charge in [0.1, 0.15) is 0 Å². The molecule has 2 rings (SSSR count). The van der Waals surface area contributed by atoms with E-state index in [2.05, 4.69) is 11.6 Å². The van der Waals surface area contributed by atoms with E-state index in [1.165, 1.54) is 5.56 Å². The Labute approximate surface area is 131 Å². The zero-order valence-electron chi connectivity index (χ0n) is 13.3. The maximum absolute atomic E-state index is 12.1. The Morgan fingerprint density at radius 3 is 2.64 bits per heavy atom. The first-order chi connectivity index (χ1) is 10.5. The minimum absolute atomic E-state index is 0.294. The Kier molecular flexibility index (Phi) is 5.10. The third kappa shape index (κ3) is 4.04. The number of hydrogen-bond acceptors (Lipinski definition) is 3. The van der Waals surface area contributed by atoms with E-state index in [4.69, 9.17) is 4.74 Å². The van der Waals surface area contributed by atoms with Gasteiger partial charge in [-0.3, -0.25) is 4.98 Å². The lowest BCUT2D eigenvalue weighted by Crippen LogP contribution is -2.10. The van der Waals surface area contributed by atoms with Crippen LogP contribution in [0.15, 0.2) is 36.9 Å². The first-order valence-electron chi connectivity index (χ1n) is 7.34. The van der Waals surface area contributed by atoms with Gasteiger partial charge in [-0.1, -0.05) is 24.8 Å². The molecule has 0 saturated heterocycles. The molecule has 0 aliphatic rings. The van der Waals surface area contributed by atoms with Crippen molar-refractivity contribution in [2.75, 3.05) is 6.61 Å². The molecule has 0 aliphatic heterocycles. The molecule has 114 valence electrons. The number of carbonyl (C=O) groups excluding carboxylic acids is 1. The summed E-state index contributed by atoms with van der Waals surface area (Å²) in [6.45, 7) is 9.95. The number of pyridine rings is 1. The normalized spacial score (nSPS) is 10.3. The highest BCUT2D eigenvalue weighted by molar-refractivity contribution is 5.91. The lowest BCUT2D eigenvalue weighted by Gasteiger charge is -2.08. The summed E-state index contributed by atoms with van der Waals surface area (Å²) in [6.07, 6.45) is 2.38. The van der Waals surface area contributed by atoms with Crippen LogP contribution < -0.4 is 0 Å². The van der Waals surface area contributed by atoms with Crippen molar-refractivity contribution in [1.82, 2.24) is 4.98 Å². The average molecular weight is 295 g/mol. The summed E-state index contributed by atoms with van der Waals surface area (Å²) in [5.74, 6) is -0.294. The van der Waals surface area contributed by atoms with E-state index in [9.17, 15) is 4.79 Å². The molecule has 1 heterocycles. The Balaban J connectivity index is 1.96. The number of benzene rings is 1. The molecule has 3 nitrogen and oxygen atoms in total. The predicted molar refractivity (Wildman–Crippen MR) is 89.0 cm³/mol. The van der Waals surface area contributed by atoms with E-state index in [-0.39, 0.29) is 5.97 Å². The van der Waals surface area contributed by atoms with Crippen molar-refractivity contribution in [2.45, 2.75) is 27.2 Å². The molecule has 3 heteroatoms. The zero-order chi connectivity index (χ0) is 16.1. The van der Waals surface area contributed by atoms with Crippen LogP contribution in [-0.4, -0.2) is 17.6 Å². The first kappa shape index (κ1) is 16.0. The molecule has 0 unspecified atom stereocenters. The summed E-state index contributed by atoms with van der Waals surface area (Å²) in [4.78, 5) is 16.6. The van der Waals surface area contributed by atoms with Gasteiger partial charge in [0.2, 0.25) is 0 Å². The topological polar surface area (TPSA) is 39.2 Å². The monoisotopic (exact) mass is 295 g/mol. The second-order valence-corrected chi connectivity index (χ2v) is 5.44. The van der Waals surface area contributed by atoms with Crippen molar-refractivity contribution in [2.24, 2.45) is 0 Å². The summed E-state index contributed by atoms with van der Waals surface area (Å²) in [5.41, 5.74) is 5.59. The van der Waals surface area contributed by atoms with Crippen LogP contribution in [0, 0.1) is 20.8 Å². The maximum Gasteiger partial charge on any atom is 0.338 e. The van der Waals surface area contributed by atoms with Gasteiger partial charge in [-0.2, -0.15) is 0 Å². The molecule has 0 radical (unpaired) electrons. The van der Waals surface area contributed by atoms with Gasteiger partial charge in [0, 0.05) is 17.8 Å². The molecule has 0 atom stereocenters. The van der Waals surface area contributed by atoms with Crippen LogP contribution >= 0.6 is 0 Å². The number of aryl methyl sites for hydroxylation is 3. The van der Waals surface area contributed by atoms with E-state index in [1.54, 1.807) is 12.1 Å². The third-order valence-corrected chi connectivity index (χ3v) is 3.45. The summed E-state index contributed by atoms with van der Waals surface area (Å²) in [7, 11) is 0. The number of carbonyl (C=O) groups is 1. The number of rotatable bonds is 5. The molecule has 0 amide bonds. The van der Waals surface area contributed by atoms with Gasteiger partial charge in [-0.05, 0) is 55.7 Å². The van der Waals surface area contributed by atoms with E-state index in [0.717, 1.165) is 22.5 Å². The van der Waals surface area contributed by atoms with Crippen LogP contribution in [0.2, 0.25) is 0 Å². The molecule has 0 saturated carbocycles. The van der Waals surface area contributed by atoms with Gasteiger partial charge >= 0.3 is 5.97 Å². The van der Waals surface area contributed by atoms with Crippen LogP contribution in [-0.2, 0) is 11.2 Å². The fraction of sp³-hybridized carbons (Fsp3) is 0.263. The van der Waals surface area contributed by atoms with Crippen molar-refractivity contribution >= 4 is 12.0 Å². The van der Waals surface area contributed by atoms with E-state index in [1.807, 2.05) is 45.0 Å². The number of esters is 1. The van der Waals surface area contributed by atoms with Crippen LogP contribution in [0.4, 0.5) is 0 Å². The predicted octanol–water partition coefficient (Wildman–Crippen LogP) is 4.05. The lowest BCUT2D eigenvalue weighted by atomic mass is 10.1. The summed E-state index contributed by atoms with van der Waals surface area (Å²) >= 11 is 0. The number of hydrogen-bond donors (Lipinski definition) is 0. The molecule has 0 fully saturated rings. The Hall–Kier alpha value is -2.42. The quantitative estimate of drug-likeness (QED) is 0.781. The highest BCUT2D eigenvalue weighted by atomic mass is 16.5. The fourth-order valence-electron chi connectivity index (χ4n) is 2.42. The molecule has 0 N–H and O–H groups in total. The van der Waals surface area contributed by atoms with Gasteiger partial charge in [-0.15, -0.1) is 0 Å². The maximum atomic E-state index is 12.1. The zero-order valence-corrected chi connectivity index (χ0v) is 13.3. The standard InChI is InChI=1S/C19H21NO2/c1-5-16-6-7-18(14(3)12-16)19(21)22-9-8-17-11-13(2)10-15(4)20-17/h5-7,10-12H,1,8-9H2,2-4H3. The highest BCUT2D eigenvalue weighted by Crippen LogP contribution is 2.13. The van der Waals surface area contributed by atoms with Gasteiger partial charge in [0.15, 0.2) is 0 Å². The van der Waals surface area contributed by atoms with Crippen molar-refractivity contribution in [3.05, 3.63) is 70.6 Å². The number of aromatic nitrogens is 1. The van der Waals surface area contributed by atoms with Crippen LogP contribution in [0.25, 0.3) is 6.08 Å². The molecule has 2 aromatic rings. The molecule has 22 heavy (non-hydrogen) atoms. The van der Waals surface area contributed by atoms with Gasteiger partial charge in [0.25, 0.3) is 0 Å². The molecular formula is C19H21NO2. The third-order valence-electron chi connectivity index (χ3n) is 3.45. The SMILES string of the molecule is C=Cc1ccc(C(=O)OCCc2cc(C)cc(C)n2)c(C)c1. The van der Waals surface area contributed by atoms with Crippen LogP contribution in [0.5, 0.6) is 0 Å². The van der Waals surface area contributed by atoms with Crippen molar-refractivity contribution in [1.29, 1.82) is 0 Å².